The first-order valence-corrected chi connectivity index (χ1v) is 7.09. The summed E-state index contributed by atoms with van der Waals surface area (Å²) in [5.41, 5.74) is 1.30. The van der Waals surface area contributed by atoms with E-state index >= 15 is 0 Å². The van der Waals surface area contributed by atoms with Gasteiger partial charge in [0, 0.05) is 18.1 Å². The fourth-order valence-electron chi connectivity index (χ4n) is 1.80. The quantitative estimate of drug-likeness (QED) is 0.792. The Morgan fingerprint density at radius 1 is 1.25 bits per heavy atom. The van der Waals surface area contributed by atoms with Gasteiger partial charge in [-0.15, -0.1) is 0 Å². The Labute approximate surface area is 130 Å². The van der Waals surface area contributed by atoms with E-state index in [0.717, 1.165) is 16.1 Å². The van der Waals surface area contributed by atoms with E-state index in [-0.39, 0.29) is 10.9 Å². The second kappa shape index (κ2) is 6.37. The second-order valence-electron chi connectivity index (χ2n) is 4.41. The molecule has 5 heteroatoms. The number of halogens is 3. The van der Waals surface area contributed by atoms with E-state index in [1.807, 2.05) is 24.3 Å². The molecule has 0 spiro atoms. The molecule has 0 bridgehead atoms. The Bertz CT molecular complexity index is 630. The molecule has 0 radical (unpaired) electrons. The number of hydrogen-bond donors (Lipinski definition) is 0. The molecule has 2 rings (SSSR count). The molecule has 0 saturated heterocycles. The lowest BCUT2D eigenvalue weighted by Gasteiger charge is -2.18. The highest BCUT2D eigenvalue weighted by molar-refractivity contribution is 9.10. The highest BCUT2D eigenvalue weighted by atomic mass is 79.9. The average Bonchev–Trinajstić information content (AvgIpc) is 2.40. The van der Waals surface area contributed by atoms with Crippen molar-refractivity contribution in [3.8, 4) is 0 Å². The number of carbonyl (C=O) groups excluding carboxylic acids is 1. The molecule has 0 saturated carbocycles. The van der Waals surface area contributed by atoms with Gasteiger partial charge in [0.15, 0.2) is 0 Å². The Kier molecular flexibility index (Phi) is 4.78. The lowest BCUT2D eigenvalue weighted by Crippen LogP contribution is -2.26. The maximum atomic E-state index is 13.0. The molecular formula is C15H12BrClFNO. The molecule has 1 amide bonds. The van der Waals surface area contributed by atoms with Gasteiger partial charge in [-0.05, 0) is 35.9 Å². The number of benzene rings is 2. The molecule has 0 fully saturated rings. The summed E-state index contributed by atoms with van der Waals surface area (Å²) in [6.45, 7) is 0.458. The zero-order valence-electron chi connectivity index (χ0n) is 10.7. The van der Waals surface area contributed by atoms with Crippen molar-refractivity contribution < 1.29 is 9.18 Å². The Morgan fingerprint density at radius 3 is 2.50 bits per heavy atom. The van der Waals surface area contributed by atoms with Crippen molar-refractivity contribution in [3.63, 3.8) is 0 Å². The molecule has 2 aromatic carbocycles. The van der Waals surface area contributed by atoms with Gasteiger partial charge in [-0.2, -0.15) is 0 Å². The fourth-order valence-corrected chi connectivity index (χ4v) is 2.32. The van der Waals surface area contributed by atoms with Crippen LogP contribution < -0.4 is 0 Å². The summed E-state index contributed by atoms with van der Waals surface area (Å²) in [6, 6.07) is 11.5. The fraction of sp³-hybridized carbons (Fsp3) is 0.133. The van der Waals surface area contributed by atoms with Gasteiger partial charge in [0.2, 0.25) is 0 Å². The van der Waals surface area contributed by atoms with Gasteiger partial charge in [-0.3, -0.25) is 4.79 Å². The van der Waals surface area contributed by atoms with Crippen molar-refractivity contribution in [3.05, 3.63) is 68.9 Å². The van der Waals surface area contributed by atoms with Crippen molar-refractivity contribution in [2.75, 3.05) is 7.05 Å². The molecule has 2 nitrogen and oxygen atoms in total. The van der Waals surface area contributed by atoms with Crippen LogP contribution >= 0.6 is 27.5 Å². The smallest absolute Gasteiger partial charge is 0.255 e. The van der Waals surface area contributed by atoms with E-state index in [1.165, 1.54) is 12.1 Å². The van der Waals surface area contributed by atoms with Crippen molar-refractivity contribution >= 4 is 33.4 Å². The van der Waals surface area contributed by atoms with Crippen molar-refractivity contribution in [2.24, 2.45) is 0 Å². The summed E-state index contributed by atoms with van der Waals surface area (Å²) in [4.78, 5) is 13.8. The van der Waals surface area contributed by atoms with Crippen LogP contribution in [0.25, 0.3) is 0 Å². The van der Waals surface area contributed by atoms with Gasteiger partial charge in [0.25, 0.3) is 5.91 Å². The van der Waals surface area contributed by atoms with Crippen LogP contribution in [0.4, 0.5) is 4.39 Å². The monoisotopic (exact) mass is 355 g/mol. The van der Waals surface area contributed by atoms with Crippen LogP contribution in [0.15, 0.2) is 46.9 Å². The molecule has 0 N–H and O–H groups in total. The Morgan fingerprint density at radius 2 is 1.90 bits per heavy atom. The van der Waals surface area contributed by atoms with Gasteiger partial charge in [-0.1, -0.05) is 39.7 Å². The normalized spacial score (nSPS) is 10.4. The van der Waals surface area contributed by atoms with Gasteiger partial charge < -0.3 is 4.90 Å². The highest BCUT2D eigenvalue weighted by Gasteiger charge is 2.15. The lowest BCUT2D eigenvalue weighted by molar-refractivity contribution is 0.0785. The molecule has 2 aromatic rings. The molecule has 0 aliphatic rings. The summed E-state index contributed by atoms with van der Waals surface area (Å²) in [5.74, 6) is -0.694. The summed E-state index contributed by atoms with van der Waals surface area (Å²) in [5, 5.41) is 0.123. The SMILES string of the molecule is CN(Cc1ccc(Br)cc1)C(=O)c1ccc(F)cc1Cl. The summed E-state index contributed by atoms with van der Waals surface area (Å²) < 4.78 is 14.0. The molecule has 0 aliphatic carbocycles. The van der Waals surface area contributed by atoms with Gasteiger partial charge >= 0.3 is 0 Å². The number of rotatable bonds is 3. The summed E-state index contributed by atoms with van der Waals surface area (Å²) >= 11 is 9.26. The molecule has 0 atom stereocenters. The summed E-state index contributed by atoms with van der Waals surface area (Å²) in [7, 11) is 1.68. The van der Waals surface area contributed by atoms with Gasteiger partial charge in [-0.25, -0.2) is 4.39 Å². The molecule has 0 aliphatic heterocycles. The van der Waals surface area contributed by atoms with E-state index in [9.17, 15) is 9.18 Å². The molecule has 20 heavy (non-hydrogen) atoms. The van der Waals surface area contributed by atoms with Crippen LogP contribution in [-0.2, 0) is 6.54 Å². The van der Waals surface area contributed by atoms with Crippen LogP contribution in [0.5, 0.6) is 0 Å². The summed E-state index contributed by atoms with van der Waals surface area (Å²) in [6.07, 6.45) is 0. The first-order valence-electron chi connectivity index (χ1n) is 5.92. The van der Waals surface area contributed by atoms with Crippen molar-refractivity contribution in [1.29, 1.82) is 0 Å². The van der Waals surface area contributed by atoms with Gasteiger partial charge in [0.1, 0.15) is 5.82 Å². The molecule has 0 aromatic heterocycles. The van der Waals surface area contributed by atoms with E-state index in [0.29, 0.717) is 12.1 Å². The largest absolute Gasteiger partial charge is 0.337 e. The van der Waals surface area contributed by atoms with Crippen LogP contribution in [0.1, 0.15) is 15.9 Å². The maximum absolute atomic E-state index is 13.0. The van der Waals surface area contributed by atoms with E-state index in [1.54, 1.807) is 11.9 Å². The number of nitrogens with zero attached hydrogens (tertiary/aromatic N) is 1. The van der Waals surface area contributed by atoms with Crippen LogP contribution in [0.2, 0.25) is 5.02 Å². The first kappa shape index (κ1) is 15.0. The third-order valence-corrected chi connectivity index (χ3v) is 3.68. The minimum Gasteiger partial charge on any atom is -0.337 e. The minimum absolute atomic E-state index is 0.123. The van der Waals surface area contributed by atoms with Crippen LogP contribution in [-0.4, -0.2) is 17.9 Å². The predicted molar refractivity (Wildman–Crippen MR) is 81.3 cm³/mol. The number of carbonyl (C=O) groups is 1. The van der Waals surface area contributed by atoms with E-state index < -0.39 is 5.82 Å². The van der Waals surface area contributed by atoms with E-state index in [2.05, 4.69) is 15.9 Å². The maximum Gasteiger partial charge on any atom is 0.255 e. The lowest BCUT2D eigenvalue weighted by atomic mass is 10.1. The topological polar surface area (TPSA) is 20.3 Å². The zero-order chi connectivity index (χ0) is 14.7. The van der Waals surface area contributed by atoms with Crippen LogP contribution in [0.3, 0.4) is 0 Å². The zero-order valence-corrected chi connectivity index (χ0v) is 13.1. The Hall–Kier alpha value is -1.39. The Balaban J connectivity index is 2.14. The molecule has 0 unspecified atom stereocenters. The third kappa shape index (κ3) is 3.58. The van der Waals surface area contributed by atoms with Crippen LogP contribution in [0, 0.1) is 5.82 Å². The van der Waals surface area contributed by atoms with Crippen molar-refractivity contribution in [2.45, 2.75) is 6.54 Å². The second-order valence-corrected chi connectivity index (χ2v) is 5.73. The standard InChI is InChI=1S/C15H12BrClFNO/c1-19(9-10-2-4-11(16)5-3-10)15(20)13-7-6-12(18)8-14(13)17/h2-8H,9H2,1H3. The van der Waals surface area contributed by atoms with Gasteiger partial charge in [0.05, 0.1) is 10.6 Å². The van der Waals surface area contributed by atoms with E-state index in [4.69, 9.17) is 11.6 Å². The average molecular weight is 357 g/mol. The predicted octanol–water partition coefficient (Wildman–Crippen LogP) is 4.51. The number of amides is 1. The number of hydrogen-bond acceptors (Lipinski definition) is 1. The minimum atomic E-state index is -0.456. The first-order chi connectivity index (χ1) is 9.47. The molecule has 0 heterocycles. The molecular weight excluding hydrogens is 345 g/mol. The highest BCUT2D eigenvalue weighted by Crippen LogP contribution is 2.20. The van der Waals surface area contributed by atoms with Crippen molar-refractivity contribution in [1.82, 2.24) is 4.90 Å². The molecule has 104 valence electrons. The third-order valence-electron chi connectivity index (χ3n) is 2.84.